The summed E-state index contributed by atoms with van der Waals surface area (Å²) in [6.07, 6.45) is -0.412. The molecule has 3 heteroatoms. The van der Waals surface area contributed by atoms with Crippen LogP contribution in [0.1, 0.15) is 31.1 Å². The lowest BCUT2D eigenvalue weighted by atomic mass is 9.97. The summed E-state index contributed by atoms with van der Waals surface area (Å²) in [4.78, 5) is 12.2. The molecule has 0 bridgehead atoms. The van der Waals surface area contributed by atoms with Gasteiger partial charge in [-0.25, -0.2) is 0 Å². The van der Waals surface area contributed by atoms with Crippen LogP contribution in [0.25, 0.3) is 0 Å². The van der Waals surface area contributed by atoms with Crippen LogP contribution in [0.2, 0.25) is 5.02 Å². The molecule has 0 spiro atoms. The van der Waals surface area contributed by atoms with Crippen LogP contribution in [0, 0.1) is 5.92 Å². The van der Waals surface area contributed by atoms with Crippen molar-refractivity contribution in [2.24, 2.45) is 5.92 Å². The van der Waals surface area contributed by atoms with Gasteiger partial charge in [-0.3, -0.25) is 4.79 Å². The molecule has 0 fully saturated rings. The molecule has 0 aromatic heterocycles. The zero-order valence-electron chi connectivity index (χ0n) is 9.87. The Hall–Kier alpha value is -0.860. The maximum absolute atomic E-state index is 12.2. The summed E-state index contributed by atoms with van der Waals surface area (Å²) in [6.45, 7) is 6.35. The smallest absolute Gasteiger partial charge is 0.193 e. The topological polar surface area (TPSA) is 26.3 Å². The van der Waals surface area contributed by atoms with Crippen molar-refractivity contribution in [1.29, 1.82) is 0 Å². The molecule has 88 valence electrons. The average Bonchev–Trinajstić information content (AvgIpc) is 2.25. The summed E-state index contributed by atoms with van der Waals surface area (Å²) in [6, 6.07) is 7.07. The second kappa shape index (κ2) is 6.02. The van der Waals surface area contributed by atoms with Gasteiger partial charge in [0.25, 0.3) is 0 Å². The third kappa shape index (κ3) is 3.06. The number of ether oxygens (including phenoxy) is 1. The highest BCUT2D eigenvalue weighted by molar-refractivity contribution is 6.34. The normalized spacial score (nSPS) is 12.8. The van der Waals surface area contributed by atoms with Crippen molar-refractivity contribution >= 4 is 17.4 Å². The second-order valence-corrected chi connectivity index (χ2v) is 4.37. The Labute approximate surface area is 102 Å². The Morgan fingerprint density at radius 2 is 2.00 bits per heavy atom. The van der Waals surface area contributed by atoms with Gasteiger partial charge in [0.1, 0.15) is 6.10 Å². The lowest BCUT2D eigenvalue weighted by Gasteiger charge is -2.19. The number of halogens is 1. The van der Waals surface area contributed by atoms with E-state index in [0.29, 0.717) is 17.2 Å². The number of benzene rings is 1. The Morgan fingerprint density at radius 1 is 1.38 bits per heavy atom. The van der Waals surface area contributed by atoms with Gasteiger partial charge in [-0.1, -0.05) is 37.6 Å². The van der Waals surface area contributed by atoms with Crippen LogP contribution >= 0.6 is 11.6 Å². The third-order valence-electron chi connectivity index (χ3n) is 2.35. The van der Waals surface area contributed by atoms with E-state index in [1.807, 2.05) is 32.9 Å². The summed E-state index contributed by atoms with van der Waals surface area (Å²) in [7, 11) is 0. The molecule has 0 aliphatic heterocycles. The van der Waals surface area contributed by atoms with E-state index < -0.39 is 6.10 Å². The standard InChI is InChI=1S/C13H17ClO2/c1-4-16-13(9(2)3)12(15)10-7-5-6-8-11(10)14/h5-9,13H,4H2,1-3H3. The van der Waals surface area contributed by atoms with Crippen molar-refractivity contribution in [3.05, 3.63) is 34.9 Å². The molecule has 0 heterocycles. The third-order valence-corrected chi connectivity index (χ3v) is 2.68. The van der Waals surface area contributed by atoms with Gasteiger partial charge < -0.3 is 4.74 Å². The van der Waals surface area contributed by atoms with Crippen LogP contribution < -0.4 is 0 Å². The minimum absolute atomic E-state index is 0.0394. The second-order valence-electron chi connectivity index (χ2n) is 3.96. The van der Waals surface area contributed by atoms with E-state index in [1.54, 1.807) is 12.1 Å². The van der Waals surface area contributed by atoms with Gasteiger partial charge in [0.2, 0.25) is 0 Å². The highest BCUT2D eigenvalue weighted by Gasteiger charge is 2.25. The molecule has 0 saturated heterocycles. The molecule has 0 saturated carbocycles. The molecule has 1 unspecified atom stereocenters. The van der Waals surface area contributed by atoms with E-state index in [-0.39, 0.29) is 11.7 Å². The molecule has 0 radical (unpaired) electrons. The molecule has 1 aromatic carbocycles. The largest absolute Gasteiger partial charge is 0.370 e. The van der Waals surface area contributed by atoms with Crippen molar-refractivity contribution in [2.75, 3.05) is 6.61 Å². The Balaban J connectivity index is 2.95. The number of ketones is 1. The molecule has 1 atom stereocenters. The first kappa shape index (κ1) is 13.2. The summed E-state index contributed by atoms with van der Waals surface area (Å²) < 4.78 is 5.47. The number of carbonyl (C=O) groups excluding carboxylic acids is 1. The van der Waals surface area contributed by atoms with Crippen LogP contribution in [0.15, 0.2) is 24.3 Å². The van der Waals surface area contributed by atoms with Crippen molar-refractivity contribution in [3.63, 3.8) is 0 Å². The predicted octanol–water partition coefficient (Wildman–Crippen LogP) is 3.58. The summed E-state index contributed by atoms with van der Waals surface area (Å²) in [5, 5.41) is 0.484. The number of rotatable bonds is 5. The lowest BCUT2D eigenvalue weighted by molar-refractivity contribution is 0.0280. The molecular weight excluding hydrogens is 224 g/mol. The molecule has 16 heavy (non-hydrogen) atoms. The summed E-state index contributed by atoms with van der Waals surface area (Å²) >= 11 is 5.99. The molecule has 1 aromatic rings. The zero-order valence-corrected chi connectivity index (χ0v) is 10.6. The predicted molar refractivity (Wildman–Crippen MR) is 66.0 cm³/mol. The number of hydrogen-bond acceptors (Lipinski definition) is 2. The molecule has 2 nitrogen and oxygen atoms in total. The minimum atomic E-state index is -0.412. The minimum Gasteiger partial charge on any atom is -0.370 e. The van der Waals surface area contributed by atoms with Crippen molar-refractivity contribution in [1.82, 2.24) is 0 Å². The van der Waals surface area contributed by atoms with Crippen molar-refractivity contribution in [2.45, 2.75) is 26.9 Å². The van der Waals surface area contributed by atoms with Crippen LogP contribution in [-0.4, -0.2) is 18.5 Å². The molecule has 0 aliphatic rings. The fourth-order valence-electron chi connectivity index (χ4n) is 1.56. The molecule has 0 aliphatic carbocycles. The Morgan fingerprint density at radius 3 is 2.50 bits per heavy atom. The average molecular weight is 241 g/mol. The van der Waals surface area contributed by atoms with E-state index in [1.165, 1.54) is 0 Å². The molecule has 0 N–H and O–H groups in total. The summed E-state index contributed by atoms with van der Waals surface area (Å²) in [5.74, 6) is 0.103. The van der Waals surface area contributed by atoms with Gasteiger partial charge in [-0.15, -0.1) is 0 Å². The summed E-state index contributed by atoms with van der Waals surface area (Å²) in [5.41, 5.74) is 0.538. The maximum Gasteiger partial charge on any atom is 0.193 e. The van der Waals surface area contributed by atoms with Gasteiger partial charge in [0.15, 0.2) is 5.78 Å². The molecule has 1 rings (SSSR count). The van der Waals surface area contributed by atoms with E-state index in [4.69, 9.17) is 16.3 Å². The highest BCUT2D eigenvalue weighted by atomic mass is 35.5. The van der Waals surface area contributed by atoms with E-state index in [0.717, 1.165) is 0 Å². The Bertz CT molecular complexity index is 361. The van der Waals surface area contributed by atoms with Crippen LogP contribution in [0.5, 0.6) is 0 Å². The van der Waals surface area contributed by atoms with E-state index in [9.17, 15) is 4.79 Å². The van der Waals surface area contributed by atoms with Crippen molar-refractivity contribution < 1.29 is 9.53 Å². The Kier molecular flexibility index (Phi) is 4.97. The first-order valence-electron chi connectivity index (χ1n) is 5.48. The molecular formula is C13H17ClO2. The van der Waals surface area contributed by atoms with E-state index in [2.05, 4.69) is 0 Å². The first-order valence-corrected chi connectivity index (χ1v) is 5.86. The fraction of sp³-hybridized carbons (Fsp3) is 0.462. The zero-order chi connectivity index (χ0) is 12.1. The van der Waals surface area contributed by atoms with Crippen LogP contribution in [-0.2, 0) is 4.74 Å². The van der Waals surface area contributed by atoms with Crippen molar-refractivity contribution in [3.8, 4) is 0 Å². The van der Waals surface area contributed by atoms with Crippen LogP contribution in [0.3, 0.4) is 0 Å². The van der Waals surface area contributed by atoms with Gasteiger partial charge in [-0.2, -0.15) is 0 Å². The molecule has 0 amide bonds. The number of Topliss-reactive ketones (excluding diaryl/α,β-unsaturated/α-hetero) is 1. The monoisotopic (exact) mass is 240 g/mol. The maximum atomic E-state index is 12.2. The lowest BCUT2D eigenvalue weighted by Crippen LogP contribution is -2.30. The number of hydrogen-bond donors (Lipinski definition) is 0. The van der Waals surface area contributed by atoms with Gasteiger partial charge in [0, 0.05) is 12.2 Å². The highest BCUT2D eigenvalue weighted by Crippen LogP contribution is 2.20. The number of carbonyl (C=O) groups is 1. The first-order chi connectivity index (χ1) is 7.57. The van der Waals surface area contributed by atoms with Crippen LogP contribution in [0.4, 0.5) is 0 Å². The van der Waals surface area contributed by atoms with Gasteiger partial charge in [-0.05, 0) is 25.0 Å². The van der Waals surface area contributed by atoms with E-state index >= 15 is 0 Å². The quantitative estimate of drug-likeness (QED) is 0.736. The van der Waals surface area contributed by atoms with Gasteiger partial charge >= 0.3 is 0 Å². The fourth-order valence-corrected chi connectivity index (χ4v) is 1.79. The SMILES string of the molecule is CCOC(C(=O)c1ccccc1Cl)C(C)C. The van der Waals surface area contributed by atoms with Gasteiger partial charge in [0.05, 0.1) is 5.02 Å².